The number of piperidine rings is 1. The van der Waals surface area contributed by atoms with E-state index in [-0.39, 0.29) is 11.8 Å². The zero-order valence-corrected chi connectivity index (χ0v) is 17.4. The minimum absolute atomic E-state index is 0.180. The van der Waals surface area contributed by atoms with Gasteiger partial charge in [-0.3, -0.25) is 4.79 Å². The summed E-state index contributed by atoms with van der Waals surface area (Å²) in [6.07, 6.45) is 3.17. The Morgan fingerprint density at radius 3 is 3.07 bits per heavy atom. The van der Waals surface area contributed by atoms with Crippen molar-refractivity contribution in [2.24, 2.45) is 11.3 Å². The molecule has 2 saturated heterocycles. The van der Waals surface area contributed by atoms with E-state index in [9.17, 15) is 9.18 Å². The van der Waals surface area contributed by atoms with E-state index in [0.29, 0.717) is 42.5 Å². The molecule has 2 aromatic rings. The number of carbonyl (C=O) groups is 1. The summed E-state index contributed by atoms with van der Waals surface area (Å²) < 4.78 is 30.1. The van der Waals surface area contributed by atoms with Crippen molar-refractivity contribution in [2.45, 2.75) is 32.6 Å². The van der Waals surface area contributed by atoms with Gasteiger partial charge in [0, 0.05) is 37.7 Å². The Kier molecular flexibility index (Phi) is 6.49. The molecule has 0 unspecified atom stereocenters. The van der Waals surface area contributed by atoms with Gasteiger partial charge >= 0.3 is 5.97 Å². The van der Waals surface area contributed by atoms with Gasteiger partial charge in [0.2, 0.25) is 0 Å². The second-order valence-electron chi connectivity index (χ2n) is 8.43. The Bertz CT molecular complexity index is 864. The summed E-state index contributed by atoms with van der Waals surface area (Å²) in [5, 5.41) is 4.11. The standard InChI is InChI=1S/C23H29FN2O4/c1-2-29-22(27)23(8-4-9-26(16-23)14-17-7-10-28-15-17)13-20-12-21(25-30-20)18-5-3-6-19(24)11-18/h3,5-6,11-12,17H,2,4,7-10,13-16H2,1H3/t17-,23-/m1/s1. The molecular weight excluding hydrogens is 387 g/mol. The van der Waals surface area contributed by atoms with E-state index in [2.05, 4.69) is 10.1 Å². The fourth-order valence-corrected chi connectivity index (χ4v) is 4.66. The maximum Gasteiger partial charge on any atom is 0.313 e. The van der Waals surface area contributed by atoms with Crippen molar-refractivity contribution in [1.82, 2.24) is 10.1 Å². The van der Waals surface area contributed by atoms with Gasteiger partial charge in [-0.15, -0.1) is 0 Å². The van der Waals surface area contributed by atoms with Crippen molar-refractivity contribution in [3.8, 4) is 11.3 Å². The quantitative estimate of drug-likeness (QED) is 0.641. The fraction of sp³-hybridized carbons (Fsp3) is 0.565. The first-order chi connectivity index (χ1) is 14.6. The number of likely N-dealkylation sites (tertiary alicyclic amines) is 1. The molecule has 0 spiro atoms. The number of benzene rings is 1. The highest BCUT2D eigenvalue weighted by molar-refractivity contribution is 5.77. The fourth-order valence-electron chi connectivity index (χ4n) is 4.66. The highest BCUT2D eigenvalue weighted by Crippen LogP contribution is 2.37. The van der Waals surface area contributed by atoms with Gasteiger partial charge in [0.25, 0.3) is 0 Å². The van der Waals surface area contributed by atoms with Crippen LogP contribution in [0.4, 0.5) is 4.39 Å². The molecule has 0 bridgehead atoms. The first-order valence-electron chi connectivity index (χ1n) is 10.8. The van der Waals surface area contributed by atoms with E-state index >= 15 is 0 Å². The maximum atomic E-state index is 13.6. The van der Waals surface area contributed by atoms with Gasteiger partial charge in [0.1, 0.15) is 17.3 Å². The molecule has 0 aliphatic carbocycles. The van der Waals surface area contributed by atoms with E-state index in [4.69, 9.17) is 14.0 Å². The van der Waals surface area contributed by atoms with Crippen molar-refractivity contribution in [3.63, 3.8) is 0 Å². The first kappa shape index (κ1) is 21.0. The number of rotatable bonds is 7. The Morgan fingerprint density at radius 2 is 2.30 bits per heavy atom. The minimum atomic E-state index is -0.660. The molecule has 1 aromatic heterocycles. The van der Waals surface area contributed by atoms with Crippen molar-refractivity contribution in [3.05, 3.63) is 41.9 Å². The largest absolute Gasteiger partial charge is 0.466 e. The number of nitrogens with zero attached hydrogens (tertiary/aromatic N) is 2. The first-order valence-corrected chi connectivity index (χ1v) is 10.8. The van der Waals surface area contributed by atoms with E-state index in [1.54, 1.807) is 18.2 Å². The van der Waals surface area contributed by atoms with Crippen molar-refractivity contribution >= 4 is 5.97 Å². The lowest BCUT2D eigenvalue weighted by molar-refractivity contribution is -0.159. The van der Waals surface area contributed by atoms with Gasteiger partial charge in [-0.25, -0.2) is 4.39 Å². The second kappa shape index (κ2) is 9.27. The minimum Gasteiger partial charge on any atom is -0.466 e. The Hall–Kier alpha value is -2.25. The molecule has 3 heterocycles. The molecule has 162 valence electrons. The van der Waals surface area contributed by atoms with Crippen LogP contribution < -0.4 is 0 Å². The monoisotopic (exact) mass is 416 g/mol. The topological polar surface area (TPSA) is 64.8 Å². The average Bonchev–Trinajstić information content (AvgIpc) is 3.41. The molecule has 0 N–H and O–H groups in total. The van der Waals surface area contributed by atoms with Crippen LogP contribution in [0.1, 0.15) is 31.9 Å². The third-order valence-corrected chi connectivity index (χ3v) is 6.10. The van der Waals surface area contributed by atoms with Crippen molar-refractivity contribution in [2.75, 3.05) is 39.5 Å². The van der Waals surface area contributed by atoms with Crippen LogP contribution in [-0.2, 0) is 20.7 Å². The molecule has 7 heteroatoms. The number of carbonyl (C=O) groups excluding carboxylic acids is 1. The van der Waals surface area contributed by atoms with Crippen LogP contribution in [0.15, 0.2) is 34.9 Å². The molecule has 0 radical (unpaired) electrons. The van der Waals surface area contributed by atoms with Gasteiger partial charge in [-0.05, 0) is 50.8 Å². The predicted molar refractivity (Wildman–Crippen MR) is 109 cm³/mol. The van der Waals surface area contributed by atoms with Crippen LogP contribution in [0.5, 0.6) is 0 Å². The number of hydrogen-bond donors (Lipinski definition) is 0. The average molecular weight is 416 g/mol. The summed E-state index contributed by atoms with van der Waals surface area (Å²) in [7, 11) is 0. The Labute approximate surface area is 176 Å². The highest BCUT2D eigenvalue weighted by Gasteiger charge is 2.45. The van der Waals surface area contributed by atoms with E-state index in [1.807, 2.05) is 6.92 Å². The van der Waals surface area contributed by atoms with Gasteiger partial charge in [-0.2, -0.15) is 0 Å². The number of hydrogen-bond acceptors (Lipinski definition) is 6. The maximum absolute atomic E-state index is 13.6. The summed E-state index contributed by atoms with van der Waals surface area (Å²) in [6, 6.07) is 8.06. The number of halogens is 1. The normalized spacial score (nSPS) is 24.8. The molecule has 1 aromatic carbocycles. The van der Waals surface area contributed by atoms with Gasteiger partial charge in [-0.1, -0.05) is 17.3 Å². The van der Waals surface area contributed by atoms with Crippen LogP contribution in [0.25, 0.3) is 11.3 Å². The third kappa shape index (κ3) is 4.73. The Balaban J connectivity index is 1.53. The van der Waals surface area contributed by atoms with Gasteiger partial charge < -0.3 is 18.9 Å². The SMILES string of the molecule is CCOC(=O)[C@@]1(Cc2cc(-c3cccc(F)c3)no2)CCCN(C[C@H]2CCOC2)C1. The smallest absolute Gasteiger partial charge is 0.313 e. The lowest BCUT2D eigenvalue weighted by Crippen LogP contribution is -2.50. The molecule has 2 aliphatic heterocycles. The highest BCUT2D eigenvalue weighted by atomic mass is 19.1. The van der Waals surface area contributed by atoms with E-state index in [0.717, 1.165) is 45.6 Å². The molecule has 4 rings (SSSR count). The summed E-state index contributed by atoms with van der Waals surface area (Å²) in [6.45, 7) is 6.35. The summed E-state index contributed by atoms with van der Waals surface area (Å²) >= 11 is 0. The molecule has 2 atom stereocenters. The summed E-state index contributed by atoms with van der Waals surface area (Å²) in [5.74, 6) is 0.640. The zero-order chi connectivity index (χ0) is 21.0. The third-order valence-electron chi connectivity index (χ3n) is 6.10. The number of esters is 1. The molecule has 0 saturated carbocycles. The number of aromatic nitrogens is 1. The molecule has 2 aliphatic rings. The molecular formula is C23H29FN2O4. The summed E-state index contributed by atoms with van der Waals surface area (Å²) in [5.41, 5.74) is 0.563. The van der Waals surface area contributed by atoms with Crippen molar-refractivity contribution < 1.29 is 23.2 Å². The number of ether oxygens (including phenoxy) is 2. The van der Waals surface area contributed by atoms with Crippen LogP contribution in [0.2, 0.25) is 0 Å². The lowest BCUT2D eigenvalue weighted by atomic mass is 9.76. The van der Waals surface area contributed by atoms with Crippen LogP contribution in [0, 0.1) is 17.2 Å². The molecule has 30 heavy (non-hydrogen) atoms. The second-order valence-corrected chi connectivity index (χ2v) is 8.43. The molecule has 2 fully saturated rings. The molecule has 6 nitrogen and oxygen atoms in total. The lowest BCUT2D eigenvalue weighted by Gasteiger charge is -2.41. The van der Waals surface area contributed by atoms with Crippen LogP contribution >= 0.6 is 0 Å². The predicted octanol–water partition coefficient (Wildman–Crippen LogP) is 3.71. The summed E-state index contributed by atoms with van der Waals surface area (Å²) in [4.78, 5) is 15.4. The zero-order valence-electron chi connectivity index (χ0n) is 17.4. The van der Waals surface area contributed by atoms with Crippen LogP contribution in [0.3, 0.4) is 0 Å². The molecule has 0 amide bonds. The van der Waals surface area contributed by atoms with Crippen molar-refractivity contribution in [1.29, 1.82) is 0 Å². The van der Waals surface area contributed by atoms with E-state index in [1.165, 1.54) is 12.1 Å². The van der Waals surface area contributed by atoms with Gasteiger partial charge in [0.05, 0.1) is 18.6 Å². The van der Waals surface area contributed by atoms with E-state index < -0.39 is 5.41 Å². The van der Waals surface area contributed by atoms with Crippen LogP contribution in [-0.4, -0.2) is 55.5 Å². The van der Waals surface area contributed by atoms with Gasteiger partial charge in [0.15, 0.2) is 0 Å². The Morgan fingerprint density at radius 1 is 1.40 bits per heavy atom.